The van der Waals surface area contributed by atoms with Crippen LogP contribution in [0.15, 0.2) is 0 Å². The fourth-order valence-corrected chi connectivity index (χ4v) is 2.71. The van der Waals surface area contributed by atoms with Crippen LogP contribution in [0.4, 0.5) is 145 Å². The molecule has 0 fully saturated rings. The standard InChI is InChI=1S/C17HF33O4/c18-2(19,1(51)52)15(45,46)53-17(49,50)54-16(47,48)13(40,41)11(36,37)9(32,33)7(28,29)5(24,25)3(20,21)4(22,23)6(26,27)8(30,31)10(34,35)12(38,39)14(42,43)44/h(H,51,52). The summed E-state index contributed by atoms with van der Waals surface area (Å²) in [5, 5.41) is 7.70. The molecule has 0 aliphatic rings. The summed E-state index contributed by atoms with van der Waals surface area (Å²) in [6.45, 7) is 0. The lowest BCUT2D eigenvalue weighted by Gasteiger charge is -2.46. The van der Waals surface area contributed by atoms with Gasteiger partial charge >= 0.3 is 102 Å². The van der Waals surface area contributed by atoms with Crippen molar-refractivity contribution in [1.82, 2.24) is 0 Å². The number of ether oxygens (including phenoxy) is 2. The Hall–Kier alpha value is -2.92. The van der Waals surface area contributed by atoms with Gasteiger partial charge < -0.3 is 5.11 Å². The zero-order valence-electron chi connectivity index (χ0n) is 22.6. The van der Waals surface area contributed by atoms with Crippen LogP contribution in [0.3, 0.4) is 0 Å². The average Bonchev–Trinajstić information content (AvgIpc) is 2.89. The Morgan fingerprint density at radius 3 is 0.685 bits per heavy atom. The highest BCUT2D eigenvalue weighted by Crippen LogP contribution is 2.68. The molecule has 0 aromatic heterocycles. The maximum absolute atomic E-state index is 13.8. The van der Waals surface area contributed by atoms with E-state index in [2.05, 4.69) is 0 Å². The molecular formula is C17HF33O4. The Kier molecular flexibility index (Phi) is 11.9. The number of rotatable bonds is 17. The molecule has 0 rings (SSSR count). The topological polar surface area (TPSA) is 55.8 Å². The number of carbonyl (C=O) groups is 1. The summed E-state index contributed by atoms with van der Waals surface area (Å²) < 4.78 is 440. The van der Waals surface area contributed by atoms with Gasteiger partial charge in [-0.2, -0.15) is 136 Å². The van der Waals surface area contributed by atoms with Gasteiger partial charge in [-0.05, 0) is 0 Å². The smallest absolute Gasteiger partial charge is 0.477 e. The molecule has 0 aliphatic carbocycles. The van der Waals surface area contributed by atoms with Crippen molar-refractivity contribution in [3.8, 4) is 0 Å². The van der Waals surface area contributed by atoms with Crippen molar-refractivity contribution in [2.24, 2.45) is 0 Å². The van der Waals surface area contributed by atoms with Gasteiger partial charge in [-0.1, -0.05) is 0 Å². The second-order valence-corrected chi connectivity index (χ2v) is 9.40. The van der Waals surface area contributed by atoms with Crippen LogP contribution >= 0.6 is 0 Å². The molecule has 0 spiro atoms. The number of hydrogen-bond acceptors (Lipinski definition) is 3. The predicted octanol–water partition coefficient (Wildman–Crippen LogP) is 10.0. The molecule has 54 heavy (non-hydrogen) atoms. The molecule has 0 saturated carbocycles. The number of carboxylic acid groups (broad SMARTS) is 1. The second-order valence-electron chi connectivity index (χ2n) is 9.40. The average molecular weight is 896 g/mol. The molecule has 0 aromatic rings. The van der Waals surface area contributed by atoms with E-state index in [0.29, 0.717) is 0 Å². The summed E-state index contributed by atoms with van der Waals surface area (Å²) in [6, 6.07) is 0. The Bertz CT molecular complexity index is 1390. The third-order valence-electron chi connectivity index (χ3n) is 5.79. The second kappa shape index (κ2) is 12.5. The minimum atomic E-state index is -10.2. The third kappa shape index (κ3) is 6.50. The highest BCUT2D eigenvalue weighted by atomic mass is 19.4. The lowest BCUT2D eigenvalue weighted by atomic mass is 9.84. The van der Waals surface area contributed by atoms with Gasteiger partial charge in [-0.15, -0.1) is 8.78 Å². The van der Waals surface area contributed by atoms with Crippen molar-refractivity contribution in [3.05, 3.63) is 0 Å². The highest BCUT2D eigenvalue weighted by Gasteiger charge is 3.00. The molecule has 0 saturated heterocycles. The summed E-state index contributed by atoms with van der Waals surface area (Å²) in [6.07, 6.45) is -32.9. The minimum absolute atomic E-state index is 0.914. The fourth-order valence-electron chi connectivity index (χ4n) is 2.71. The van der Waals surface area contributed by atoms with E-state index in [9.17, 15) is 150 Å². The zero-order valence-corrected chi connectivity index (χ0v) is 22.6. The lowest BCUT2D eigenvalue weighted by Crippen LogP contribution is -2.79. The van der Waals surface area contributed by atoms with Crippen molar-refractivity contribution >= 4 is 5.97 Å². The van der Waals surface area contributed by atoms with E-state index in [-0.39, 0.29) is 0 Å². The van der Waals surface area contributed by atoms with E-state index >= 15 is 0 Å². The molecule has 1 N–H and O–H groups in total. The molecule has 37 heteroatoms. The van der Waals surface area contributed by atoms with Gasteiger partial charge in [-0.3, -0.25) is 0 Å². The fraction of sp³-hybridized carbons (Fsp3) is 0.941. The van der Waals surface area contributed by atoms with E-state index in [0.717, 1.165) is 4.74 Å². The van der Waals surface area contributed by atoms with Gasteiger partial charge in [0.1, 0.15) is 0 Å². The Morgan fingerprint density at radius 1 is 0.296 bits per heavy atom. The monoisotopic (exact) mass is 896 g/mol. The normalized spacial score (nSPS) is 16.9. The van der Waals surface area contributed by atoms with E-state index in [1.165, 1.54) is 4.74 Å². The first kappa shape index (κ1) is 51.1. The van der Waals surface area contributed by atoms with Gasteiger partial charge in [0.2, 0.25) is 0 Å². The van der Waals surface area contributed by atoms with Crippen molar-refractivity contribution in [1.29, 1.82) is 0 Å². The van der Waals surface area contributed by atoms with Crippen LogP contribution in [0.1, 0.15) is 0 Å². The first-order chi connectivity index (χ1) is 22.6. The molecule has 0 bridgehead atoms. The van der Waals surface area contributed by atoms with Crippen LogP contribution in [0.5, 0.6) is 0 Å². The molecular weight excluding hydrogens is 895 g/mol. The summed E-state index contributed by atoms with van der Waals surface area (Å²) in [4.78, 5) is 9.91. The summed E-state index contributed by atoms with van der Waals surface area (Å²) in [7, 11) is 0. The van der Waals surface area contributed by atoms with Gasteiger partial charge in [0, 0.05) is 0 Å². The first-order valence-electron chi connectivity index (χ1n) is 11.0. The highest BCUT2D eigenvalue weighted by molar-refractivity contribution is 5.76. The van der Waals surface area contributed by atoms with Gasteiger partial charge in [0.25, 0.3) is 0 Å². The van der Waals surface area contributed by atoms with Crippen LogP contribution in [-0.2, 0) is 14.3 Å². The molecule has 0 heterocycles. The third-order valence-corrected chi connectivity index (χ3v) is 5.79. The summed E-state index contributed by atoms with van der Waals surface area (Å²) in [5.74, 6) is -119. The van der Waals surface area contributed by atoms with Crippen LogP contribution in [0, 0.1) is 0 Å². The number of halogens is 33. The van der Waals surface area contributed by atoms with Gasteiger partial charge in [-0.25, -0.2) is 14.3 Å². The van der Waals surface area contributed by atoms with Crippen LogP contribution < -0.4 is 0 Å². The van der Waals surface area contributed by atoms with Crippen LogP contribution in [-0.4, -0.2) is 107 Å². The van der Waals surface area contributed by atoms with Gasteiger partial charge in [0.15, 0.2) is 0 Å². The van der Waals surface area contributed by atoms with E-state index in [4.69, 9.17) is 5.11 Å². The molecule has 0 unspecified atom stereocenters. The first-order valence-corrected chi connectivity index (χ1v) is 11.0. The Labute approximate surface area is 267 Å². The van der Waals surface area contributed by atoms with Crippen molar-refractivity contribution in [2.75, 3.05) is 0 Å². The Morgan fingerprint density at radius 2 is 0.481 bits per heavy atom. The minimum Gasteiger partial charge on any atom is -0.477 e. The number of carboxylic acids is 1. The van der Waals surface area contributed by atoms with Gasteiger partial charge in [0.05, 0.1) is 0 Å². The number of aliphatic carboxylic acids is 1. The zero-order chi connectivity index (χ0) is 45.0. The number of hydrogen-bond donors (Lipinski definition) is 1. The predicted molar refractivity (Wildman–Crippen MR) is 90.1 cm³/mol. The summed E-state index contributed by atoms with van der Waals surface area (Å²) in [5.41, 5.74) is 0. The maximum atomic E-state index is 13.8. The largest absolute Gasteiger partial charge is 0.495 e. The molecule has 0 radical (unpaired) electrons. The maximum Gasteiger partial charge on any atom is 0.495 e. The summed E-state index contributed by atoms with van der Waals surface area (Å²) >= 11 is 0. The molecule has 324 valence electrons. The Balaban J connectivity index is 7.41. The van der Waals surface area contributed by atoms with Crippen molar-refractivity contribution in [3.63, 3.8) is 0 Å². The molecule has 4 nitrogen and oxygen atoms in total. The van der Waals surface area contributed by atoms with E-state index < -0.39 is 102 Å². The van der Waals surface area contributed by atoms with Crippen LogP contribution in [0.2, 0.25) is 0 Å². The molecule has 0 aliphatic heterocycles. The van der Waals surface area contributed by atoms with Crippen molar-refractivity contribution in [2.45, 2.75) is 95.8 Å². The quantitative estimate of drug-likeness (QED) is 0.117. The van der Waals surface area contributed by atoms with Crippen molar-refractivity contribution < 1.29 is 164 Å². The lowest BCUT2D eigenvalue weighted by molar-refractivity contribution is -0.560. The van der Waals surface area contributed by atoms with E-state index in [1.54, 1.807) is 0 Å². The van der Waals surface area contributed by atoms with E-state index in [1.807, 2.05) is 0 Å². The molecule has 0 aromatic carbocycles. The van der Waals surface area contributed by atoms with Crippen LogP contribution in [0.25, 0.3) is 0 Å². The SMILES string of the molecule is O=C(O)C(F)(F)C(F)(F)OC(F)(F)OC(F)(F)C(F)(F)C(F)(F)C(F)(F)C(F)(F)C(F)(F)C(F)(F)C(F)(F)C(F)(F)C(F)(F)C(F)(F)C(F)(F)C(F)(F)F. The molecule has 0 atom stereocenters. The number of alkyl halides is 33. The molecule has 0 amide bonds.